The fourth-order valence-corrected chi connectivity index (χ4v) is 5.19. The first-order valence-electron chi connectivity index (χ1n) is 8.53. The molecule has 0 bridgehead atoms. The van der Waals surface area contributed by atoms with Gasteiger partial charge in [0.05, 0.1) is 11.8 Å². The zero-order chi connectivity index (χ0) is 15.6. The van der Waals surface area contributed by atoms with E-state index < -0.39 is 5.92 Å². The number of cyclic esters (lactones) is 2. The van der Waals surface area contributed by atoms with Gasteiger partial charge in [0.2, 0.25) is 0 Å². The molecule has 1 aliphatic heterocycles. The second-order valence-corrected chi connectivity index (χ2v) is 7.09. The highest BCUT2D eigenvalue weighted by Crippen LogP contribution is 2.56. The van der Waals surface area contributed by atoms with E-state index >= 15 is 0 Å². The molecule has 1 saturated heterocycles. The predicted molar refractivity (Wildman–Crippen MR) is 86.0 cm³/mol. The molecular formula is C20H18O3. The van der Waals surface area contributed by atoms with E-state index in [-0.39, 0.29) is 23.8 Å². The first kappa shape index (κ1) is 13.3. The number of rotatable bonds is 0. The Hall–Kier alpha value is -2.16. The third kappa shape index (κ3) is 1.71. The van der Waals surface area contributed by atoms with E-state index in [1.165, 1.54) is 12.0 Å². The lowest BCUT2D eigenvalue weighted by Gasteiger charge is -2.42. The maximum absolute atomic E-state index is 12.5. The minimum absolute atomic E-state index is 0.265. The Morgan fingerprint density at radius 2 is 1.74 bits per heavy atom. The molecule has 23 heavy (non-hydrogen) atoms. The van der Waals surface area contributed by atoms with Crippen LogP contribution in [-0.2, 0) is 14.3 Å². The highest BCUT2D eigenvalue weighted by molar-refractivity contribution is 6.04. The fraction of sp³-hybridized carbons (Fsp3) is 0.400. The molecule has 116 valence electrons. The molecule has 3 nitrogen and oxygen atoms in total. The Bertz CT molecular complexity index is 838. The van der Waals surface area contributed by atoms with Crippen LogP contribution in [0.3, 0.4) is 0 Å². The van der Waals surface area contributed by atoms with Crippen molar-refractivity contribution in [3.8, 4) is 0 Å². The van der Waals surface area contributed by atoms with Crippen LogP contribution >= 0.6 is 0 Å². The Morgan fingerprint density at radius 1 is 0.913 bits per heavy atom. The van der Waals surface area contributed by atoms with Crippen molar-refractivity contribution in [2.24, 2.45) is 11.8 Å². The summed E-state index contributed by atoms with van der Waals surface area (Å²) < 4.78 is 5.09. The minimum atomic E-state index is -0.400. The van der Waals surface area contributed by atoms with Crippen molar-refractivity contribution in [1.29, 1.82) is 0 Å². The third-order valence-corrected chi connectivity index (χ3v) is 6.08. The average molecular weight is 306 g/mol. The molecule has 0 radical (unpaired) electrons. The second kappa shape index (κ2) is 4.67. The van der Waals surface area contributed by atoms with Gasteiger partial charge < -0.3 is 4.74 Å². The average Bonchev–Trinajstić information content (AvgIpc) is 2.89. The molecule has 4 atom stereocenters. The highest BCUT2D eigenvalue weighted by Gasteiger charge is 2.55. The van der Waals surface area contributed by atoms with Gasteiger partial charge in [-0.3, -0.25) is 9.59 Å². The van der Waals surface area contributed by atoms with E-state index in [9.17, 15) is 9.59 Å². The van der Waals surface area contributed by atoms with E-state index in [0.29, 0.717) is 5.92 Å². The van der Waals surface area contributed by atoms with Crippen LogP contribution in [0.15, 0.2) is 36.4 Å². The molecule has 2 aliphatic carbocycles. The van der Waals surface area contributed by atoms with Gasteiger partial charge in [-0.1, -0.05) is 49.2 Å². The van der Waals surface area contributed by atoms with Gasteiger partial charge in [-0.15, -0.1) is 0 Å². The molecule has 3 aliphatic rings. The maximum atomic E-state index is 12.5. The van der Waals surface area contributed by atoms with E-state index in [1.807, 2.05) is 12.1 Å². The van der Waals surface area contributed by atoms with Crippen LogP contribution in [0.5, 0.6) is 0 Å². The standard InChI is InChI=1S/C20H18O3/c21-19-17-14-8-4-3-7-13(14)15-10-9-11-5-1-2-6-12(11)16(15)18(17)20(22)23-19/h1-2,5-6,9-10,13-14,17-18H,3-4,7-8H2. The van der Waals surface area contributed by atoms with Crippen molar-refractivity contribution in [1.82, 2.24) is 0 Å². The molecule has 1 saturated carbocycles. The van der Waals surface area contributed by atoms with Crippen molar-refractivity contribution in [3.63, 3.8) is 0 Å². The number of ether oxygens (including phenoxy) is 1. The fourth-order valence-electron chi connectivity index (χ4n) is 5.19. The van der Waals surface area contributed by atoms with Gasteiger partial charge in [-0.25, -0.2) is 0 Å². The normalized spacial score (nSPS) is 32.2. The van der Waals surface area contributed by atoms with Crippen molar-refractivity contribution >= 4 is 22.7 Å². The van der Waals surface area contributed by atoms with Gasteiger partial charge in [-0.05, 0) is 46.6 Å². The van der Waals surface area contributed by atoms with Crippen LogP contribution in [-0.4, -0.2) is 11.9 Å². The van der Waals surface area contributed by atoms with Gasteiger partial charge in [0.15, 0.2) is 0 Å². The van der Waals surface area contributed by atoms with Crippen LogP contribution < -0.4 is 0 Å². The summed E-state index contributed by atoms with van der Waals surface area (Å²) in [5.74, 6) is -0.657. The number of fused-ring (bicyclic) bond motifs is 8. The van der Waals surface area contributed by atoms with Crippen LogP contribution in [0.1, 0.15) is 48.6 Å². The van der Waals surface area contributed by atoms with Gasteiger partial charge in [0.25, 0.3) is 0 Å². The summed E-state index contributed by atoms with van der Waals surface area (Å²) in [7, 11) is 0. The molecule has 0 spiro atoms. The SMILES string of the molecule is O=C1OC(=O)C2C1c1c(ccc3ccccc13)C1CCCCC12. The minimum Gasteiger partial charge on any atom is -0.392 e. The van der Waals surface area contributed by atoms with Crippen molar-refractivity contribution < 1.29 is 14.3 Å². The summed E-state index contributed by atoms with van der Waals surface area (Å²) in [5, 5.41) is 2.24. The first-order chi connectivity index (χ1) is 11.3. The van der Waals surface area contributed by atoms with E-state index in [2.05, 4.69) is 24.3 Å². The summed E-state index contributed by atoms with van der Waals surface area (Å²) in [4.78, 5) is 24.8. The lowest BCUT2D eigenvalue weighted by molar-refractivity contribution is -0.153. The number of hydrogen-bond acceptors (Lipinski definition) is 3. The summed E-state index contributed by atoms with van der Waals surface area (Å²) >= 11 is 0. The highest BCUT2D eigenvalue weighted by atomic mass is 16.6. The molecule has 3 heteroatoms. The largest absolute Gasteiger partial charge is 0.392 e. The number of benzene rings is 2. The summed E-state index contributed by atoms with van der Waals surface area (Å²) in [6.45, 7) is 0. The monoisotopic (exact) mass is 306 g/mol. The maximum Gasteiger partial charge on any atom is 0.321 e. The Labute approximate surface area is 134 Å². The zero-order valence-electron chi connectivity index (χ0n) is 12.8. The summed E-state index contributed by atoms with van der Waals surface area (Å²) in [6, 6.07) is 12.5. The lowest BCUT2D eigenvalue weighted by atomic mass is 9.59. The van der Waals surface area contributed by atoms with Crippen LogP contribution in [0.4, 0.5) is 0 Å². The van der Waals surface area contributed by atoms with Gasteiger partial charge in [0.1, 0.15) is 0 Å². The first-order valence-corrected chi connectivity index (χ1v) is 8.53. The number of carbonyl (C=O) groups excluding carboxylic acids is 2. The molecule has 4 unspecified atom stereocenters. The van der Waals surface area contributed by atoms with Gasteiger partial charge in [-0.2, -0.15) is 0 Å². The second-order valence-electron chi connectivity index (χ2n) is 7.09. The Morgan fingerprint density at radius 3 is 2.65 bits per heavy atom. The van der Waals surface area contributed by atoms with Crippen molar-refractivity contribution in [3.05, 3.63) is 47.5 Å². The molecule has 2 fully saturated rings. The third-order valence-electron chi connectivity index (χ3n) is 6.08. The zero-order valence-corrected chi connectivity index (χ0v) is 12.8. The Balaban J connectivity index is 1.83. The molecular weight excluding hydrogens is 288 g/mol. The lowest BCUT2D eigenvalue weighted by Crippen LogP contribution is -2.37. The molecule has 0 aromatic heterocycles. The van der Waals surface area contributed by atoms with E-state index in [0.717, 1.165) is 35.6 Å². The van der Waals surface area contributed by atoms with Gasteiger partial charge >= 0.3 is 11.9 Å². The predicted octanol–water partition coefficient (Wildman–Crippen LogP) is 3.91. The number of carbonyl (C=O) groups is 2. The molecule has 0 amide bonds. The summed E-state index contributed by atoms with van der Waals surface area (Å²) in [5.41, 5.74) is 2.34. The van der Waals surface area contributed by atoms with Gasteiger partial charge in [0, 0.05) is 0 Å². The summed E-state index contributed by atoms with van der Waals surface area (Å²) in [6.07, 6.45) is 4.49. The topological polar surface area (TPSA) is 43.4 Å². The van der Waals surface area contributed by atoms with E-state index in [1.54, 1.807) is 0 Å². The molecule has 5 rings (SSSR count). The van der Waals surface area contributed by atoms with Crippen molar-refractivity contribution in [2.45, 2.75) is 37.5 Å². The van der Waals surface area contributed by atoms with Crippen LogP contribution in [0.2, 0.25) is 0 Å². The smallest absolute Gasteiger partial charge is 0.321 e. The number of esters is 2. The quantitative estimate of drug-likeness (QED) is 0.547. The molecule has 2 aromatic carbocycles. The Kier molecular flexibility index (Phi) is 2.70. The molecule has 1 heterocycles. The van der Waals surface area contributed by atoms with E-state index in [4.69, 9.17) is 4.74 Å². The van der Waals surface area contributed by atoms with Crippen LogP contribution in [0.25, 0.3) is 10.8 Å². The molecule has 0 N–H and O–H groups in total. The molecule has 2 aromatic rings. The van der Waals surface area contributed by atoms with Crippen molar-refractivity contribution in [2.75, 3.05) is 0 Å². The van der Waals surface area contributed by atoms with Crippen LogP contribution in [0, 0.1) is 11.8 Å². The number of hydrogen-bond donors (Lipinski definition) is 0.